The summed E-state index contributed by atoms with van der Waals surface area (Å²) in [6.07, 6.45) is 7.29. The molecule has 0 bridgehead atoms. The van der Waals surface area contributed by atoms with Gasteiger partial charge in [-0.05, 0) is 31.0 Å². The quantitative estimate of drug-likeness (QED) is 0.831. The van der Waals surface area contributed by atoms with Gasteiger partial charge in [0.2, 0.25) is 5.91 Å². The third kappa shape index (κ3) is 2.78. The number of nitrogens with zero attached hydrogens (tertiary/aromatic N) is 2. The SMILES string of the molecule is O=C(C1CCCCCN1)N1CCc2ncccc2C1. The Kier molecular flexibility index (Phi) is 3.78. The van der Waals surface area contributed by atoms with Crippen LogP contribution >= 0.6 is 0 Å². The van der Waals surface area contributed by atoms with Crippen molar-refractivity contribution >= 4 is 5.91 Å². The second-order valence-corrected chi connectivity index (χ2v) is 5.48. The van der Waals surface area contributed by atoms with Crippen molar-refractivity contribution in [2.45, 2.75) is 44.7 Å². The van der Waals surface area contributed by atoms with Gasteiger partial charge in [-0.25, -0.2) is 0 Å². The number of amides is 1. The average Bonchev–Trinajstić information content (AvgIpc) is 2.75. The summed E-state index contributed by atoms with van der Waals surface area (Å²) in [5.74, 6) is 0.274. The summed E-state index contributed by atoms with van der Waals surface area (Å²) in [7, 11) is 0. The lowest BCUT2D eigenvalue weighted by Gasteiger charge is -2.31. The Morgan fingerprint density at radius 3 is 3.26 bits per heavy atom. The maximum atomic E-state index is 12.6. The van der Waals surface area contributed by atoms with Gasteiger partial charge in [0.25, 0.3) is 0 Å². The molecule has 4 nitrogen and oxygen atoms in total. The Balaban J connectivity index is 1.68. The Labute approximate surface area is 114 Å². The highest BCUT2D eigenvalue weighted by Gasteiger charge is 2.27. The number of nitrogens with one attached hydrogen (secondary N) is 1. The first-order chi connectivity index (χ1) is 9.34. The molecule has 0 saturated carbocycles. The number of hydrogen-bond acceptors (Lipinski definition) is 3. The Morgan fingerprint density at radius 2 is 2.32 bits per heavy atom. The molecule has 3 heterocycles. The molecule has 0 aliphatic carbocycles. The van der Waals surface area contributed by atoms with E-state index >= 15 is 0 Å². The molecule has 19 heavy (non-hydrogen) atoms. The summed E-state index contributed by atoms with van der Waals surface area (Å²) < 4.78 is 0. The highest BCUT2D eigenvalue weighted by molar-refractivity contribution is 5.82. The van der Waals surface area contributed by atoms with E-state index in [0.29, 0.717) is 0 Å². The molecule has 102 valence electrons. The summed E-state index contributed by atoms with van der Waals surface area (Å²) in [6, 6.07) is 4.07. The van der Waals surface area contributed by atoms with Crippen LogP contribution in [0.1, 0.15) is 36.9 Å². The van der Waals surface area contributed by atoms with E-state index < -0.39 is 0 Å². The summed E-state index contributed by atoms with van der Waals surface area (Å²) in [6.45, 7) is 2.50. The first kappa shape index (κ1) is 12.6. The molecule has 4 heteroatoms. The van der Waals surface area contributed by atoms with Crippen LogP contribution in [0.3, 0.4) is 0 Å². The highest BCUT2D eigenvalue weighted by atomic mass is 16.2. The summed E-state index contributed by atoms with van der Waals surface area (Å²) in [5.41, 5.74) is 2.36. The third-order valence-corrected chi connectivity index (χ3v) is 4.13. The standard InChI is InChI=1S/C15H21N3O/c19-15(14-6-2-1-3-8-17-14)18-10-7-13-12(11-18)5-4-9-16-13/h4-5,9,14,17H,1-3,6-8,10-11H2. The molecule has 1 saturated heterocycles. The van der Waals surface area contributed by atoms with Crippen molar-refractivity contribution in [2.24, 2.45) is 0 Å². The van der Waals surface area contributed by atoms with E-state index in [1.807, 2.05) is 17.2 Å². The fourth-order valence-electron chi connectivity index (χ4n) is 3.01. The summed E-state index contributed by atoms with van der Waals surface area (Å²) in [4.78, 5) is 18.9. The Morgan fingerprint density at radius 1 is 1.37 bits per heavy atom. The molecule has 1 aromatic rings. The van der Waals surface area contributed by atoms with Crippen LogP contribution in [0, 0.1) is 0 Å². The van der Waals surface area contributed by atoms with Crippen molar-refractivity contribution in [1.29, 1.82) is 0 Å². The van der Waals surface area contributed by atoms with Crippen LogP contribution in [0.25, 0.3) is 0 Å². The maximum absolute atomic E-state index is 12.6. The number of carbonyl (C=O) groups excluding carboxylic acids is 1. The minimum absolute atomic E-state index is 0.0284. The van der Waals surface area contributed by atoms with Gasteiger partial charge in [-0.3, -0.25) is 9.78 Å². The van der Waals surface area contributed by atoms with E-state index in [2.05, 4.69) is 16.4 Å². The lowest BCUT2D eigenvalue weighted by molar-refractivity contribution is -0.134. The molecular weight excluding hydrogens is 238 g/mol. The molecule has 3 rings (SSSR count). The summed E-state index contributed by atoms with van der Waals surface area (Å²) in [5, 5.41) is 3.40. The lowest BCUT2D eigenvalue weighted by Crippen LogP contribution is -2.47. The fraction of sp³-hybridized carbons (Fsp3) is 0.600. The van der Waals surface area contributed by atoms with Crippen LogP contribution in [-0.2, 0) is 17.8 Å². The lowest BCUT2D eigenvalue weighted by atomic mass is 10.0. The predicted octanol–water partition coefficient (Wildman–Crippen LogP) is 1.50. The van der Waals surface area contributed by atoms with E-state index in [1.165, 1.54) is 18.4 Å². The number of hydrogen-bond donors (Lipinski definition) is 1. The van der Waals surface area contributed by atoms with Crippen LogP contribution in [0.2, 0.25) is 0 Å². The van der Waals surface area contributed by atoms with Crippen molar-refractivity contribution in [3.8, 4) is 0 Å². The molecule has 0 aromatic carbocycles. The Bertz CT molecular complexity index is 452. The van der Waals surface area contributed by atoms with Gasteiger partial charge >= 0.3 is 0 Å². The minimum atomic E-state index is 0.0284. The van der Waals surface area contributed by atoms with Crippen LogP contribution in [0.15, 0.2) is 18.3 Å². The zero-order chi connectivity index (χ0) is 13.1. The molecule has 1 atom stereocenters. The molecular formula is C15H21N3O. The average molecular weight is 259 g/mol. The molecule has 0 radical (unpaired) electrons. The topological polar surface area (TPSA) is 45.2 Å². The van der Waals surface area contributed by atoms with Crippen molar-refractivity contribution in [1.82, 2.24) is 15.2 Å². The third-order valence-electron chi connectivity index (χ3n) is 4.13. The summed E-state index contributed by atoms with van der Waals surface area (Å²) >= 11 is 0. The van der Waals surface area contributed by atoms with Crippen LogP contribution in [0.5, 0.6) is 0 Å². The monoisotopic (exact) mass is 259 g/mol. The number of pyridine rings is 1. The molecule has 1 amide bonds. The van der Waals surface area contributed by atoms with E-state index in [9.17, 15) is 4.79 Å². The van der Waals surface area contributed by atoms with Crippen molar-refractivity contribution in [3.63, 3.8) is 0 Å². The van der Waals surface area contributed by atoms with Gasteiger partial charge in [-0.2, -0.15) is 0 Å². The number of fused-ring (bicyclic) bond motifs is 1. The van der Waals surface area contributed by atoms with Gasteiger partial charge in [0.1, 0.15) is 0 Å². The second kappa shape index (κ2) is 5.70. The van der Waals surface area contributed by atoms with Crippen molar-refractivity contribution in [2.75, 3.05) is 13.1 Å². The van der Waals surface area contributed by atoms with Gasteiger partial charge < -0.3 is 10.2 Å². The molecule has 1 N–H and O–H groups in total. The zero-order valence-corrected chi connectivity index (χ0v) is 11.3. The molecule has 0 spiro atoms. The normalized spacial score (nSPS) is 23.6. The Hall–Kier alpha value is -1.42. The first-order valence-corrected chi connectivity index (χ1v) is 7.29. The molecule has 1 aromatic heterocycles. The predicted molar refractivity (Wildman–Crippen MR) is 73.6 cm³/mol. The van der Waals surface area contributed by atoms with Gasteiger partial charge in [-0.15, -0.1) is 0 Å². The van der Waals surface area contributed by atoms with E-state index in [1.54, 1.807) is 0 Å². The van der Waals surface area contributed by atoms with Crippen LogP contribution in [0.4, 0.5) is 0 Å². The number of rotatable bonds is 1. The first-order valence-electron chi connectivity index (χ1n) is 7.29. The maximum Gasteiger partial charge on any atom is 0.240 e. The van der Waals surface area contributed by atoms with Gasteiger partial charge in [-0.1, -0.05) is 18.9 Å². The highest BCUT2D eigenvalue weighted by Crippen LogP contribution is 2.19. The number of carbonyl (C=O) groups is 1. The molecule has 1 unspecified atom stereocenters. The van der Waals surface area contributed by atoms with Crippen molar-refractivity contribution < 1.29 is 4.79 Å². The zero-order valence-electron chi connectivity index (χ0n) is 11.3. The largest absolute Gasteiger partial charge is 0.337 e. The van der Waals surface area contributed by atoms with Gasteiger partial charge in [0.05, 0.1) is 6.04 Å². The van der Waals surface area contributed by atoms with Gasteiger partial charge in [0.15, 0.2) is 0 Å². The van der Waals surface area contributed by atoms with E-state index in [-0.39, 0.29) is 11.9 Å². The smallest absolute Gasteiger partial charge is 0.240 e. The van der Waals surface area contributed by atoms with Crippen LogP contribution in [-0.4, -0.2) is 34.9 Å². The molecule has 1 fully saturated rings. The fourth-order valence-corrected chi connectivity index (χ4v) is 3.01. The minimum Gasteiger partial charge on any atom is -0.337 e. The molecule has 2 aliphatic heterocycles. The van der Waals surface area contributed by atoms with Crippen molar-refractivity contribution in [3.05, 3.63) is 29.6 Å². The van der Waals surface area contributed by atoms with Gasteiger partial charge in [0, 0.05) is 31.4 Å². The van der Waals surface area contributed by atoms with Crippen LogP contribution < -0.4 is 5.32 Å². The molecule has 2 aliphatic rings. The van der Waals surface area contributed by atoms with E-state index in [4.69, 9.17) is 0 Å². The number of aromatic nitrogens is 1. The second-order valence-electron chi connectivity index (χ2n) is 5.48. The van der Waals surface area contributed by atoms with E-state index in [0.717, 1.165) is 44.6 Å².